The highest BCUT2D eigenvalue weighted by Crippen LogP contribution is 2.27. The van der Waals surface area contributed by atoms with Gasteiger partial charge < -0.3 is 10.1 Å². The van der Waals surface area contributed by atoms with E-state index >= 15 is 0 Å². The Labute approximate surface area is 137 Å². The molecule has 2 aromatic rings. The summed E-state index contributed by atoms with van der Waals surface area (Å²) < 4.78 is 19.9. The molecule has 0 bridgehead atoms. The first-order valence-electron chi connectivity index (χ1n) is 6.66. The fraction of sp³-hybridized carbons (Fsp3) is 0.250. The summed E-state index contributed by atoms with van der Waals surface area (Å²) in [6.07, 6.45) is 0. The van der Waals surface area contributed by atoms with Gasteiger partial charge in [0.25, 0.3) is 0 Å². The zero-order valence-corrected chi connectivity index (χ0v) is 14.0. The number of hydrogen-bond acceptors (Lipinski definition) is 2. The molecule has 2 rings (SSSR count). The average molecular weight is 373 g/mol. The van der Waals surface area contributed by atoms with Crippen LogP contribution in [0.1, 0.15) is 18.1 Å². The van der Waals surface area contributed by atoms with E-state index in [1.54, 1.807) is 6.07 Å². The van der Waals surface area contributed by atoms with Crippen LogP contribution in [0.3, 0.4) is 0 Å². The topological polar surface area (TPSA) is 21.3 Å². The Morgan fingerprint density at radius 2 is 1.95 bits per heavy atom. The van der Waals surface area contributed by atoms with Gasteiger partial charge >= 0.3 is 0 Å². The Morgan fingerprint density at radius 1 is 1.19 bits per heavy atom. The summed E-state index contributed by atoms with van der Waals surface area (Å²) in [4.78, 5) is 0. The molecule has 0 radical (unpaired) electrons. The molecule has 21 heavy (non-hydrogen) atoms. The van der Waals surface area contributed by atoms with Crippen LogP contribution >= 0.6 is 27.5 Å². The summed E-state index contributed by atoms with van der Waals surface area (Å²) in [6.45, 7) is 4.10. The molecule has 0 heterocycles. The molecule has 1 N–H and O–H groups in total. The van der Waals surface area contributed by atoms with E-state index in [4.69, 9.17) is 16.3 Å². The molecule has 5 heteroatoms. The Hall–Kier alpha value is -1.10. The number of benzene rings is 2. The van der Waals surface area contributed by atoms with Gasteiger partial charge in [0.2, 0.25) is 0 Å². The molecule has 0 atom stereocenters. The maximum Gasteiger partial charge on any atom is 0.142 e. The molecule has 0 saturated heterocycles. The summed E-state index contributed by atoms with van der Waals surface area (Å²) >= 11 is 9.14. The highest BCUT2D eigenvalue weighted by atomic mass is 79.9. The first-order valence-corrected chi connectivity index (χ1v) is 7.83. The number of ether oxygens (including phenoxy) is 1. The van der Waals surface area contributed by atoms with Crippen LogP contribution in [-0.4, -0.2) is 6.54 Å². The number of hydrogen-bond donors (Lipinski definition) is 1. The zero-order valence-electron chi connectivity index (χ0n) is 11.6. The normalized spacial score (nSPS) is 10.7. The SMILES string of the molecule is CCNCc1ccc(OCc2ccc(Cl)c(F)c2)c(Br)c1. The lowest BCUT2D eigenvalue weighted by atomic mass is 10.2. The number of halogens is 3. The van der Waals surface area contributed by atoms with Gasteiger partial charge in [-0.1, -0.05) is 30.7 Å². The molecule has 0 unspecified atom stereocenters. The minimum absolute atomic E-state index is 0.118. The van der Waals surface area contributed by atoms with Crippen molar-refractivity contribution in [2.45, 2.75) is 20.1 Å². The molecule has 0 aliphatic heterocycles. The molecule has 2 aromatic carbocycles. The van der Waals surface area contributed by atoms with Crippen molar-refractivity contribution in [2.75, 3.05) is 6.54 Å². The van der Waals surface area contributed by atoms with Crippen molar-refractivity contribution < 1.29 is 9.13 Å². The number of rotatable bonds is 6. The first kappa shape index (κ1) is 16.3. The quantitative estimate of drug-likeness (QED) is 0.776. The second-order valence-corrected chi connectivity index (χ2v) is 5.84. The predicted octanol–water partition coefficient (Wildman–Crippen LogP) is 4.93. The van der Waals surface area contributed by atoms with Gasteiger partial charge in [-0.3, -0.25) is 0 Å². The summed E-state index contributed by atoms with van der Waals surface area (Å²) in [6, 6.07) is 10.6. The highest BCUT2D eigenvalue weighted by Gasteiger charge is 2.05. The van der Waals surface area contributed by atoms with Gasteiger partial charge in [-0.15, -0.1) is 0 Å². The fourth-order valence-electron chi connectivity index (χ4n) is 1.83. The summed E-state index contributed by atoms with van der Waals surface area (Å²) in [7, 11) is 0. The van der Waals surface area contributed by atoms with Crippen molar-refractivity contribution in [1.29, 1.82) is 0 Å². The molecule has 0 aromatic heterocycles. The van der Waals surface area contributed by atoms with Gasteiger partial charge in [-0.2, -0.15) is 0 Å². The maximum absolute atomic E-state index is 13.4. The number of nitrogens with one attached hydrogen (secondary N) is 1. The van der Waals surface area contributed by atoms with Crippen LogP contribution in [0.15, 0.2) is 40.9 Å². The van der Waals surface area contributed by atoms with Gasteiger partial charge in [-0.05, 0) is 57.9 Å². The molecule has 0 fully saturated rings. The van der Waals surface area contributed by atoms with Gasteiger partial charge in [0.15, 0.2) is 0 Å². The lowest BCUT2D eigenvalue weighted by Gasteiger charge is -2.10. The van der Waals surface area contributed by atoms with E-state index in [9.17, 15) is 4.39 Å². The lowest BCUT2D eigenvalue weighted by Crippen LogP contribution is -2.11. The van der Waals surface area contributed by atoms with E-state index < -0.39 is 5.82 Å². The van der Waals surface area contributed by atoms with Crippen LogP contribution in [0, 0.1) is 5.82 Å². The molecule has 2 nitrogen and oxygen atoms in total. The van der Waals surface area contributed by atoms with Crippen LogP contribution in [0.2, 0.25) is 5.02 Å². The maximum atomic E-state index is 13.4. The van der Waals surface area contributed by atoms with E-state index in [2.05, 4.69) is 28.2 Å². The summed E-state index contributed by atoms with van der Waals surface area (Å²) in [5.74, 6) is 0.295. The molecular formula is C16H16BrClFNO. The monoisotopic (exact) mass is 371 g/mol. The van der Waals surface area contributed by atoms with Gasteiger partial charge in [0, 0.05) is 6.54 Å². The van der Waals surface area contributed by atoms with E-state index in [0.717, 1.165) is 28.9 Å². The second-order valence-electron chi connectivity index (χ2n) is 4.58. The highest BCUT2D eigenvalue weighted by molar-refractivity contribution is 9.10. The van der Waals surface area contributed by atoms with Crippen molar-refractivity contribution in [3.8, 4) is 5.75 Å². The zero-order chi connectivity index (χ0) is 15.2. The molecule has 0 amide bonds. The largest absolute Gasteiger partial charge is 0.488 e. The van der Waals surface area contributed by atoms with Crippen molar-refractivity contribution in [2.24, 2.45) is 0 Å². The third-order valence-corrected chi connectivity index (χ3v) is 3.88. The molecule has 112 valence electrons. The Morgan fingerprint density at radius 3 is 2.62 bits per heavy atom. The standard InChI is InChI=1S/C16H16BrClFNO/c1-2-20-9-11-4-6-16(13(17)7-11)21-10-12-3-5-14(18)15(19)8-12/h3-8,20H,2,9-10H2,1H3. The fourth-order valence-corrected chi connectivity index (χ4v) is 2.49. The van der Waals surface area contributed by atoms with Gasteiger partial charge in [0.05, 0.1) is 9.50 Å². The predicted molar refractivity (Wildman–Crippen MR) is 87.3 cm³/mol. The van der Waals surface area contributed by atoms with Crippen molar-refractivity contribution in [1.82, 2.24) is 5.32 Å². The average Bonchev–Trinajstić information content (AvgIpc) is 2.47. The molecule has 0 aliphatic carbocycles. The van der Waals surface area contributed by atoms with Crippen LogP contribution in [0.5, 0.6) is 5.75 Å². The van der Waals surface area contributed by atoms with Crippen molar-refractivity contribution in [3.05, 3.63) is 62.8 Å². The Bertz CT molecular complexity index is 621. The minimum Gasteiger partial charge on any atom is -0.488 e. The van der Waals surface area contributed by atoms with Crippen molar-refractivity contribution >= 4 is 27.5 Å². The Kier molecular flexibility index (Phi) is 6.03. The van der Waals surface area contributed by atoms with Crippen LogP contribution in [0.4, 0.5) is 4.39 Å². The first-order chi connectivity index (χ1) is 10.1. The van der Waals surface area contributed by atoms with Gasteiger partial charge in [-0.25, -0.2) is 4.39 Å². The minimum atomic E-state index is -0.433. The van der Waals surface area contributed by atoms with E-state index in [-0.39, 0.29) is 5.02 Å². The van der Waals surface area contributed by atoms with Gasteiger partial charge in [0.1, 0.15) is 18.2 Å². The third-order valence-electron chi connectivity index (χ3n) is 2.95. The Balaban J connectivity index is 2.01. The molecule has 0 saturated carbocycles. The molecule has 0 aliphatic rings. The second kappa shape index (κ2) is 7.78. The molecule has 0 spiro atoms. The van der Waals surface area contributed by atoms with E-state index in [1.165, 1.54) is 17.7 Å². The van der Waals surface area contributed by atoms with E-state index in [0.29, 0.717) is 6.61 Å². The third kappa shape index (κ3) is 4.70. The van der Waals surface area contributed by atoms with Crippen LogP contribution in [-0.2, 0) is 13.2 Å². The smallest absolute Gasteiger partial charge is 0.142 e. The van der Waals surface area contributed by atoms with E-state index in [1.807, 2.05) is 18.2 Å². The summed E-state index contributed by atoms with van der Waals surface area (Å²) in [5.41, 5.74) is 1.91. The van der Waals surface area contributed by atoms with Crippen molar-refractivity contribution in [3.63, 3.8) is 0 Å². The van der Waals surface area contributed by atoms with Crippen LogP contribution in [0.25, 0.3) is 0 Å². The molecular weight excluding hydrogens is 357 g/mol. The summed E-state index contributed by atoms with van der Waals surface area (Å²) in [5, 5.41) is 3.38. The van der Waals surface area contributed by atoms with Crippen LogP contribution < -0.4 is 10.1 Å². The lowest BCUT2D eigenvalue weighted by molar-refractivity contribution is 0.303.